The molecular formula is C13H16N6O3. The molecule has 1 aliphatic rings. The normalized spacial score (nSPS) is 15.9. The van der Waals surface area contributed by atoms with Crippen molar-refractivity contribution in [3.8, 4) is 0 Å². The van der Waals surface area contributed by atoms with Gasteiger partial charge >= 0.3 is 5.69 Å². The van der Waals surface area contributed by atoms with Crippen LogP contribution >= 0.6 is 0 Å². The number of amides is 2. The van der Waals surface area contributed by atoms with Crippen molar-refractivity contribution in [3.05, 3.63) is 39.8 Å². The Labute approximate surface area is 124 Å². The maximum absolute atomic E-state index is 12.3. The fourth-order valence-corrected chi connectivity index (χ4v) is 2.67. The van der Waals surface area contributed by atoms with Crippen LogP contribution in [0.4, 0.5) is 0 Å². The van der Waals surface area contributed by atoms with Crippen LogP contribution in [-0.2, 0) is 0 Å². The van der Waals surface area contributed by atoms with Crippen molar-refractivity contribution in [1.29, 1.82) is 0 Å². The van der Waals surface area contributed by atoms with E-state index in [1.54, 1.807) is 11.0 Å². The lowest BCUT2D eigenvalue weighted by molar-refractivity contribution is 0.0706. The first-order valence-corrected chi connectivity index (χ1v) is 6.97. The number of primary amides is 1. The molecule has 0 aromatic carbocycles. The minimum absolute atomic E-state index is 0.132. The average molecular weight is 304 g/mol. The number of aromatic nitrogens is 4. The molecule has 0 spiro atoms. The number of rotatable bonds is 3. The van der Waals surface area contributed by atoms with E-state index in [0.717, 1.165) is 12.8 Å². The van der Waals surface area contributed by atoms with Gasteiger partial charge in [0.15, 0.2) is 0 Å². The maximum Gasteiger partial charge on any atom is 0.340 e. The fraction of sp³-hybridized carbons (Fsp3) is 0.385. The van der Waals surface area contributed by atoms with E-state index in [1.807, 2.05) is 0 Å². The van der Waals surface area contributed by atoms with E-state index in [0.29, 0.717) is 24.6 Å². The monoisotopic (exact) mass is 304 g/mol. The Bertz CT molecular complexity index is 750. The lowest BCUT2D eigenvalue weighted by Gasteiger charge is -2.30. The number of H-pyrrole nitrogens is 3. The first-order valence-electron chi connectivity index (χ1n) is 6.97. The zero-order valence-corrected chi connectivity index (χ0v) is 11.8. The van der Waals surface area contributed by atoms with Crippen molar-refractivity contribution in [1.82, 2.24) is 25.1 Å². The molecule has 0 saturated carbocycles. The summed E-state index contributed by atoms with van der Waals surface area (Å²) in [4.78, 5) is 41.5. The van der Waals surface area contributed by atoms with Crippen molar-refractivity contribution < 1.29 is 9.59 Å². The molecule has 9 nitrogen and oxygen atoms in total. The van der Waals surface area contributed by atoms with Gasteiger partial charge in [-0.1, -0.05) is 0 Å². The van der Waals surface area contributed by atoms with Crippen molar-refractivity contribution in [3.63, 3.8) is 0 Å². The summed E-state index contributed by atoms with van der Waals surface area (Å²) >= 11 is 0. The zero-order chi connectivity index (χ0) is 15.7. The van der Waals surface area contributed by atoms with Crippen LogP contribution < -0.4 is 11.4 Å². The number of piperidine rings is 1. The quantitative estimate of drug-likeness (QED) is 0.609. The molecule has 0 aliphatic carbocycles. The Morgan fingerprint density at radius 1 is 1.18 bits per heavy atom. The van der Waals surface area contributed by atoms with Crippen molar-refractivity contribution in [2.75, 3.05) is 13.1 Å². The number of nitrogens with two attached hydrogens (primary N) is 1. The van der Waals surface area contributed by atoms with E-state index in [4.69, 9.17) is 5.73 Å². The standard InChI is InChI=1S/C13H16N6O3/c14-10(20)8-1-2-9(15-8)12(21)19-5-3-7(4-6-19)11-16-13(22)18-17-11/h1-2,7,15H,3-6H2,(H2,14,20)(H2,16,17,18,22). The van der Waals surface area contributed by atoms with Gasteiger partial charge in [0.2, 0.25) is 0 Å². The van der Waals surface area contributed by atoms with E-state index < -0.39 is 5.91 Å². The maximum atomic E-state index is 12.3. The number of carbonyl (C=O) groups is 2. The van der Waals surface area contributed by atoms with Crippen molar-refractivity contribution in [2.45, 2.75) is 18.8 Å². The molecule has 2 aromatic rings. The molecule has 0 bridgehead atoms. The van der Waals surface area contributed by atoms with Crippen LogP contribution in [0.1, 0.15) is 45.6 Å². The second-order valence-electron chi connectivity index (χ2n) is 5.28. The lowest BCUT2D eigenvalue weighted by atomic mass is 9.96. The molecule has 0 radical (unpaired) electrons. The third-order valence-corrected chi connectivity index (χ3v) is 3.87. The Kier molecular flexibility index (Phi) is 3.53. The van der Waals surface area contributed by atoms with Crippen molar-refractivity contribution >= 4 is 11.8 Å². The van der Waals surface area contributed by atoms with Gasteiger partial charge in [-0.25, -0.2) is 9.89 Å². The Morgan fingerprint density at radius 3 is 2.41 bits per heavy atom. The van der Waals surface area contributed by atoms with Gasteiger partial charge < -0.3 is 15.6 Å². The third kappa shape index (κ3) is 2.65. The summed E-state index contributed by atoms with van der Waals surface area (Å²) in [5, 5.41) is 6.28. The van der Waals surface area contributed by atoms with E-state index in [1.165, 1.54) is 6.07 Å². The summed E-state index contributed by atoms with van der Waals surface area (Å²) in [6.45, 7) is 1.12. The number of hydrogen-bond donors (Lipinski definition) is 4. The lowest BCUT2D eigenvalue weighted by Crippen LogP contribution is -2.38. The third-order valence-electron chi connectivity index (χ3n) is 3.87. The number of aromatic amines is 3. The number of nitrogens with zero attached hydrogens (tertiary/aromatic N) is 2. The Morgan fingerprint density at radius 2 is 1.86 bits per heavy atom. The van der Waals surface area contributed by atoms with Gasteiger partial charge in [-0.3, -0.25) is 14.6 Å². The van der Waals surface area contributed by atoms with E-state index in [-0.39, 0.29) is 23.2 Å². The van der Waals surface area contributed by atoms with Gasteiger partial charge in [0.25, 0.3) is 11.8 Å². The summed E-state index contributed by atoms with van der Waals surface area (Å²) in [5.74, 6) is 0.00234. The molecule has 3 heterocycles. The van der Waals surface area contributed by atoms with Gasteiger partial charge in [-0.15, -0.1) is 0 Å². The van der Waals surface area contributed by atoms with Gasteiger partial charge in [0, 0.05) is 19.0 Å². The summed E-state index contributed by atoms with van der Waals surface area (Å²) in [6, 6.07) is 3.05. The zero-order valence-electron chi connectivity index (χ0n) is 11.8. The highest BCUT2D eigenvalue weighted by atomic mass is 16.2. The van der Waals surface area contributed by atoms with E-state index >= 15 is 0 Å². The minimum Gasteiger partial charge on any atom is -0.364 e. The molecule has 1 saturated heterocycles. The molecule has 2 amide bonds. The Balaban J connectivity index is 1.64. The molecule has 0 unspecified atom stereocenters. The first kappa shape index (κ1) is 14.1. The predicted octanol–water partition coefficient (Wildman–Crippen LogP) is -0.455. The van der Waals surface area contributed by atoms with Gasteiger partial charge in [0.05, 0.1) is 0 Å². The van der Waals surface area contributed by atoms with Crippen LogP contribution in [0.2, 0.25) is 0 Å². The largest absolute Gasteiger partial charge is 0.364 e. The van der Waals surface area contributed by atoms with Crippen LogP contribution in [0.5, 0.6) is 0 Å². The molecule has 1 aliphatic heterocycles. The smallest absolute Gasteiger partial charge is 0.340 e. The predicted molar refractivity (Wildman–Crippen MR) is 76.4 cm³/mol. The molecule has 9 heteroatoms. The molecule has 116 valence electrons. The highest BCUT2D eigenvalue weighted by Gasteiger charge is 2.27. The fourth-order valence-electron chi connectivity index (χ4n) is 2.67. The number of likely N-dealkylation sites (tertiary alicyclic amines) is 1. The number of nitrogens with one attached hydrogen (secondary N) is 3. The molecule has 5 N–H and O–H groups in total. The second-order valence-corrected chi connectivity index (χ2v) is 5.28. The van der Waals surface area contributed by atoms with Crippen LogP contribution in [0.25, 0.3) is 0 Å². The number of carbonyl (C=O) groups excluding carboxylic acids is 2. The van der Waals surface area contributed by atoms with Crippen LogP contribution in [-0.4, -0.2) is 50.0 Å². The van der Waals surface area contributed by atoms with E-state index in [2.05, 4.69) is 20.2 Å². The minimum atomic E-state index is -0.597. The molecule has 22 heavy (non-hydrogen) atoms. The van der Waals surface area contributed by atoms with Crippen LogP contribution in [0.15, 0.2) is 16.9 Å². The second kappa shape index (κ2) is 5.51. The van der Waals surface area contributed by atoms with Crippen molar-refractivity contribution in [2.24, 2.45) is 5.73 Å². The van der Waals surface area contributed by atoms with Gasteiger partial charge in [-0.2, -0.15) is 5.10 Å². The van der Waals surface area contributed by atoms with E-state index in [9.17, 15) is 14.4 Å². The average Bonchev–Trinajstić information content (AvgIpc) is 3.16. The Hall–Kier alpha value is -2.84. The molecular weight excluding hydrogens is 288 g/mol. The van der Waals surface area contributed by atoms with Crippen LogP contribution in [0, 0.1) is 0 Å². The molecule has 1 fully saturated rings. The highest BCUT2D eigenvalue weighted by Crippen LogP contribution is 2.25. The summed E-state index contributed by atoms with van der Waals surface area (Å²) in [7, 11) is 0. The molecule has 0 atom stereocenters. The highest BCUT2D eigenvalue weighted by molar-refractivity contribution is 5.96. The summed E-state index contributed by atoms with van der Waals surface area (Å²) < 4.78 is 0. The topological polar surface area (TPSA) is 141 Å². The van der Waals surface area contributed by atoms with Crippen LogP contribution in [0.3, 0.4) is 0 Å². The molecule has 2 aromatic heterocycles. The first-order chi connectivity index (χ1) is 10.5. The summed E-state index contributed by atoms with van der Waals surface area (Å²) in [6.07, 6.45) is 1.44. The van der Waals surface area contributed by atoms with Gasteiger partial charge in [0.1, 0.15) is 17.2 Å². The number of hydrogen-bond acceptors (Lipinski definition) is 4. The SMILES string of the molecule is NC(=O)c1ccc(C(=O)N2CCC(c3n[nH]c(=O)[nH]3)CC2)[nH]1. The van der Waals surface area contributed by atoms with Gasteiger partial charge in [-0.05, 0) is 25.0 Å². The summed E-state index contributed by atoms with van der Waals surface area (Å²) in [5.41, 5.74) is 5.40. The molecule has 3 rings (SSSR count).